The lowest BCUT2D eigenvalue weighted by molar-refractivity contribution is -0.115. The number of hydrogen-bond donors (Lipinski definition) is 3. The summed E-state index contributed by atoms with van der Waals surface area (Å²) in [6.45, 7) is 1.26. The molecule has 0 saturated carbocycles. The molecule has 0 bridgehead atoms. The maximum absolute atomic E-state index is 12.1. The molecule has 6 nitrogen and oxygen atoms in total. The lowest BCUT2D eigenvalue weighted by atomic mass is 10.2. The Morgan fingerprint density at radius 2 is 1.62 bits per heavy atom. The van der Waals surface area contributed by atoms with Gasteiger partial charge in [-0.05, 0) is 52.9 Å². The first kappa shape index (κ1) is 17.9. The van der Waals surface area contributed by atoms with Crippen molar-refractivity contribution in [2.45, 2.75) is 6.92 Å². The third kappa shape index (κ3) is 5.34. The number of carbonyl (C=O) groups is 3. The van der Waals surface area contributed by atoms with Crippen molar-refractivity contribution in [3.05, 3.63) is 57.7 Å². The van der Waals surface area contributed by atoms with E-state index in [0.717, 1.165) is 3.57 Å². The summed E-state index contributed by atoms with van der Waals surface area (Å²) in [6, 6.07) is 13.9. The topological polar surface area (TPSA) is 87.3 Å². The van der Waals surface area contributed by atoms with Crippen molar-refractivity contribution in [2.75, 3.05) is 17.2 Å². The van der Waals surface area contributed by atoms with Crippen LogP contribution in [-0.4, -0.2) is 24.3 Å². The van der Waals surface area contributed by atoms with Crippen molar-refractivity contribution in [2.24, 2.45) is 0 Å². The van der Waals surface area contributed by atoms with Crippen LogP contribution in [0.3, 0.4) is 0 Å². The van der Waals surface area contributed by atoms with Gasteiger partial charge in [-0.2, -0.15) is 0 Å². The summed E-state index contributed by atoms with van der Waals surface area (Å²) in [4.78, 5) is 35.0. The van der Waals surface area contributed by atoms with Gasteiger partial charge >= 0.3 is 0 Å². The lowest BCUT2D eigenvalue weighted by Crippen LogP contribution is -2.33. The highest BCUT2D eigenvalue weighted by atomic mass is 127. The molecule has 0 atom stereocenters. The van der Waals surface area contributed by atoms with E-state index >= 15 is 0 Å². The van der Waals surface area contributed by atoms with Gasteiger partial charge in [0.2, 0.25) is 11.8 Å². The van der Waals surface area contributed by atoms with E-state index in [4.69, 9.17) is 0 Å². The quantitative estimate of drug-likeness (QED) is 0.629. The third-order valence-electron chi connectivity index (χ3n) is 2.99. The molecule has 2 aromatic rings. The van der Waals surface area contributed by atoms with E-state index in [0.29, 0.717) is 16.9 Å². The summed E-state index contributed by atoms with van der Waals surface area (Å²) in [5.74, 6) is -0.848. The van der Waals surface area contributed by atoms with Gasteiger partial charge in [-0.25, -0.2) is 0 Å². The summed E-state index contributed by atoms with van der Waals surface area (Å²) in [7, 11) is 0. The van der Waals surface area contributed by atoms with Crippen LogP contribution in [0.15, 0.2) is 48.5 Å². The van der Waals surface area contributed by atoms with Gasteiger partial charge in [0.1, 0.15) is 0 Å². The van der Waals surface area contributed by atoms with Gasteiger partial charge in [0.05, 0.1) is 12.1 Å². The minimum absolute atomic E-state index is 0.145. The number of halogens is 1. The van der Waals surface area contributed by atoms with Gasteiger partial charge in [0.15, 0.2) is 0 Å². The highest BCUT2D eigenvalue weighted by Gasteiger charge is 2.11. The molecule has 0 unspecified atom stereocenters. The summed E-state index contributed by atoms with van der Waals surface area (Å²) < 4.78 is 0.816. The third-order valence-corrected chi connectivity index (χ3v) is 3.94. The Morgan fingerprint density at radius 1 is 0.958 bits per heavy atom. The number of hydrogen-bond acceptors (Lipinski definition) is 3. The van der Waals surface area contributed by atoms with Gasteiger partial charge in [-0.15, -0.1) is 0 Å². The van der Waals surface area contributed by atoms with E-state index in [1.165, 1.54) is 6.92 Å². The molecular weight excluding hydrogens is 421 g/mol. The van der Waals surface area contributed by atoms with Gasteiger partial charge in [-0.1, -0.05) is 18.2 Å². The zero-order valence-electron chi connectivity index (χ0n) is 12.9. The summed E-state index contributed by atoms with van der Waals surface area (Å²) in [5, 5.41) is 7.89. The van der Waals surface area contributed by atoms with Crippen LogP contribution in [0, 0.1) is 3.57 Å². The Labute approximate surface area is 153 Å². The van der Waals surface area contributed by atoms with Crippen molar-refractivity contribution in [1.29, 1.82) is 0 Å². The average Bonchev–Trinajstić information content (AvgIpc) is 2.53. The predicted molar refractivity (Wildman–Crippen MR) is 101 cm³/mol. The fourth-order valence-corrected chi connectivity index (χ4v) is 2.62. The number of rotatable bonds is 5. The van der Waals surface area contributed by atoms with Crippen LogP contribution in [0.25, 0.3) is 0 Å². The SMILES string of the molecule is CC(=O)Nc1cccc(NC(=O)CNC(=O)c2ccccc2I)c1. The van der Waals surface area contributed by atoms with E-state index in [2.05, 4.69) is 38.5 Å². The second-order valence-electron chi connectivity index (χ2n) is 4.97. The maximum Gasteiger partial charge on any atom is 0.252 e. The van der Waals surface area contributed by atoms with E-state index < -0.39 is 0 Å². The average molecular weight is 437 g/mol. The zero-order chi connectivity index (χ0) is 17.5. The molecular formula is C17H16IN3O3. The summed E-state index contributed by atoms with van der Waals surface area (Å²) >= 11 is 2.07. The molecule has 3 amide bonds. The second kappa shape index (κ2) is 8.44. The molecule has 0 fully saturated rings. The predicted octanol–water partition coefficient (Wildman–Crippen LogP) is 2.62. The van der Waals surface area contributed by atoms with Gasteiger partial charge < -0.3 is 16.0 Å². The van der Waals surface area contributed by atoms with Gasteiger partial charge in [0.25, 0.3) is 5.91 Å². The molecule has 0 heterocycles. The molecule has 124 valence electrons. The number of carbonyl (C=O) groups excluding carboxylic acids is 3. The first-order chi connectivity index (χ1) is 11.5. The molecule has 2 aromatic carbocycles. The molecule has 0 aliphatic heterocycles. The molecule has 24 heavy (non-hydrogen) atoms. The van der Waals surface area contributed by atoms with Crippen LogP contribution in [0.1, 0.15) is 17.3 Å². The smallest absolute Gasteiger partial charge is 0.252 e. The normalized spacial score (nSPS) is 9.92. The van der Waals surface area contributed by atoms with Crippen molar-refractivity contribution < 1.29 is 14.4 Å². The fourth-order valence-electron chi connectivity index (χ4n) is 1.98. The van der Waals surface area contributed by atoms with Crippen molar-refractivity contribution in [3.8, 4) is 0 Å². The molecule has 7 heteroatoms. The minimum atomic E-state index is -0.353. The van der Waals surface area contributed by atoms with Crippen LogP contribution >= 0.6 is 22.6 Å². The molecule has 3 N–H and O–H groups in total. The highest BCUT2D eigenvalue weighted by molar-refractivity contribution is 14.1. The van der Waals surface area contributed by atoms with Crippen LogP contribution in [0.4, 0.5) is 11.4 Å². The fraction of sp³-hybridized carbons (Fsp3) is 0.118. The Hall–Kier alpha value is -2.42. The molecule has 0 radical (unpaired) electrons. The van der Waals surface area contributed by atoms with E-state index in [1.54, 1.807) is 36.4 Å². The number of amides is 3. The molecule has 0 aliphatic rings. The van der Waals surface area contributed by atoms with Crippen molar-refractivity contribution in [1.82, 2.24) is 5.32 Å². The number of nitrogens with one attached hydrogen (secondary N) is 3. The monoisotopic (exact) mass is 437 g/mol. The van der Waals surface area contributed by atoms with Gasteiger partial charge in [-0.3, -0.25) is 14.4 Å². The Morgan fingerprint density at radius 3 is 2.29 bits per heavy atom. The molecule has 0 spiro atoms. The highest BCUT2D eigenvalue weighted by Crippen LogP contribution is 2.15. The minimum Gasteiger partial charge on any atom is -0.343 e. The molecule has 2 rings (SSSR count). The number of benzene rings is 2. The van der Waals surface area contributed by atoms with Crippen molar-refractivity contribution >= 4 is 51.7 Å². The molecule has 0 saturated heterocycles. The Balaban J connectivity index is 1.91. The summed E-state index contributed by atoms with van der Waals surface area (Å²) in [5.41, 5.74) is 1.65. The van der Waals surface area contributed by atoms with Crippen LogP contribution in [-0.2, 0) is 9.59 Å². The maximum atomic E-state index is 12.1. The Kier molecular flexibility index (Phi) is 6.30. The van der Waals surface area contributed by atoms with Crippen molar-refractivity contribution in [3.63, 3.8) is 0 Å². The van der Waals surface area contributed by atoms with E-state index in [1.807, 2.05) is 12.1 Å². The standard InChI is InChI=1S/C17H16IN3O3/c1-11(22)20-12-5-4-6-13(9-12)21-16(23)10-19-17(24)14-7-2-3-8-15(14)18/h2-9H,10H2,1H3,(H,19,24)(H,20,22)(H,21,23). The first-order valence-electron chi connectivity index (χ1n) is 7.16. The summed E-state index contributed by atoms with van der Waals surface area (Å²) in [6.07, 6.45) is 0. The first-order valence-corrected chi connectivity index (χ1v) is 8.24. The lowest BCUT2D eigenvalue weighted by Gasteiger charge is -2.09. The Bertz CT molecular complexity index is 777. The van der Waals surface area contributed by atoms with Crippen LogP contribution in [0.2, 0.25) is 0 Å². The van der Waals surface area contributed by atoms with Crippen LogP contribution in [0.5, 0.6) is 0 Å². The molecule has 0 aromatic heterocycles. The van der Waals surface area contributed by atoms with E-state index in [9.17, 15) is 14.4 Å². The zero-order valence-corrected chi connectivity index (χ0v) is 15.1. The number of anilines is 2. The molecule has 0 aliphatic carbocycles. The van der Waals surface area contributed by atoms with Gasteiger partial charge in [0, 0.05) is 21.9 Å². The largest absolute Gasteiger partial charge is 0.343 e. The van der Waals surface area contributed by atoms with Crippen LogP contribution < -0.4 is 16.0 Å². The second-order valence-corrected chi connectivity index (χ2v) is 6.13. The van der Waals surface area contributed by atoms with E-state index in [-0.39, 0.29) is 24.3 Å².